The van der Waals surface area contributed by atoms with E-state index in [2.05, 4.69) is 10.0 Å². The van der Waals surface area contributed by atoms with Crippen LogP contribution in [-0.2, 0) is 14.8 Å². The summed E-state index contributed by atoms with van der Waals surface area (Å²) in [5, 5.41) is 2.82. The Hall–Kier alpha value is -2.49. The van der Waals surface area contributed by atoms with Gasteiger partial charge in [-0.2, -0.15) is 0 Å². The molecule has 0 atom stereocenters. The van der Waals surface area contributed by atoms with Gasteiger partial charge in [-0.15, -0.1) is 0 Å². The van der Waals surface area contributed by atoms with Gasteiger partial charge >= 0.3 is 0 Å². The molecule has 0 radical (unpaired) electrons. The third-order valence-corrected chi connectivity index (χ3v) is 6.89. The number of fused-ring (bicyclic) bond motifs is 1. The van der Waals surface area contributed by atoms with E-state index in [0.717, 1.165) is 25.7 Å². The minimum atomic E-state index is -3.65. The van der Waals surface area contributed by atoms with Crippen LogP contribution in [0, 0.1) is 0 Å². The number of anilines is 1. The Bertz CT molecular complexity index is 1070. The summed E-state index contributed by atoms with van der Waals surface area (Å²) in [6, 6.07) is 9.25. The Balaban J connectivity index is 1.34. The lowest BCUT2D eigenvalue weighted by Gasteiger charge is -2.19. The quantitative estimate of drug-likeness (QED) is 0.648. The number of benzene rings is 2. The van der Waals surface area contributed by atoms with Crippen LogP contribution in [0.25, 0.3) is 0 Å². The third kappa shape index (κ3) is 5.41. The molecule has 10 heteroatoms. The summed E-state index contributed by atoms with van der Waals surface area (Å²) in [5.41, 5.74) is 0.545. The Labute approximate surface area is 185 Å². The lowest BCUT2D eigenvalue weighted by molar-refractivity contribution is -0.118. The Morgan fingerprint density at radius 2 is 1.81 bits per heavy atom. The zero-order chi connectivity index (χ0) is 21.8. The first kappa shape index (κ1) is 21.7. The number of carbonyl (C=O) groups is 1. The molecule has 8 nitrogen and oxygen atoms in total. The van der Waals surface area contributed by atoms with E-state index in [1.165, 1.54) is 18.2 Å². The van der Waals surface area contributed by atoms with Crippen molar-refractivity contribution in [1.29, 1.82) is 0 Å². The van der Waals surface area contributed by atoms with Crippen LogP contribution >= 0.6 is 11.6 Å². The highest BCUT2D eigenvalue weighted by molar-refractivity contribution is 7.89. The van der Waals surface area contributed by atoms with Crippen molar-refractivity contribution >= 4 is 33.2 Å². The standard InChI is InChI=1S/C21H23ClN2O6S/c22-17-12-16(31(26,27)24-14-3-1-2-4-14)6-8-18(17)30-13-21(25)23-15-5-7-19-20(11-15)29-10-9-28-19/h5-8,11-12,14,24H,1-4,9-10,13H2,(H,23,25). The van der Waals surface area contributed by atoms with Gasteiger partial charge in [0.2, 0.25) is 10.0 Å². The molecule has 0 aromatic heterocycles. The van der Waals surface area contributed by atoms with Crippen LogP contribution in [0.3, 0.4) is 0 Å². The van der Waals surface area contributed by atoms with Gasteiger partial charge in [-0.3, -0.25) is 4.79 Å². The molecule has 1 aliphatic carbocycles. The maximum absolute atomic E-state index is 12.5. The highest BCUT2D eigenvalue weighted by Gasteiger charge is 2.23. The van der Waals surface area contributed by atoms with E-state index in [9.17, 15) is 13.2 Å². The number of nitrogens with one attached hydrogen (secondary N) is 2. The molecule has 0 saturated heterocycles. The highest BCUT2D eigenvalue weighted by atomic mass is 35.5. The molecule has 2 aliphatic rings. The zero-order valence-corrected chi connectivity index (χ0v) is 18.3. The normalized spacial score (nSPS) is 16.2. The molecule has 1 amide bonds. The van der Waals surface area contributed by atoms with Crippen molar-refractivity contribution in [2.24, 2.45) is 0 Å². The van der Waals surface area contributed by atoms with Gasteiger partial charge in [0.25, 0.3) is 5.91 Å². The second-order valence-electron chi connectivity index (χ2n) is 7.39. The predicted octanol–water partition coefficient (Wildman–Crippen LogP) is 3.35. The van der Waals surface area contributed by atoms with Gasteiger partial charge in [0.15, 0.2) is 18.1 Å². The molecular formula is C21H23ClN2O6S. The van der Waals surface area contributed by atoms with Crippen molar-refractivity contribution in [3.8, 4) is 17.2 Å². The number of carbonyl (C=O) groups excluding carboxylic acids is 1. The Morgan fingerprint density at radius 1 is 1.06 bits per heavy atom. The monoisotopic (exact) mass is 466 g/mol. The minimum absolute atomic E-state index is 0.0380. The molecule has 4 rings (SSSR count). The summed E-state index contributed by atoms with van der Waals surface area (Å²) in [5.74, 6) is 1.02. The minimum Gasteiger partial charge on any atom is -0.486 e. The van der Waals surface area contributed by atoms with E-state index in [1.54, 1.807) is 18.2 Å². The van der Waals surface area contributed by atoms with Crippen molar-refractivity contribution in [3.05, 3.63) is 41.4 Å². The van der Waals surface area contributed by atoms with Gasteiger partial charge in [0, 0.05) is 17.8 Å². The van der Waals surface area contributed by atoms with Gasteiger partial charge in [-0.05, 0) is 43.2 Å². The summed E-state index contributed by atoms with van der Waals surface area (Å²) in [6.45, 7) is 0.651. The van der Waals surface area contributed by atoms with E-state index in [4.69, 9.17) is 25.8 Å². The van der Waals surface area contributed by atoms with Crippen LogP contribution in [-0.4, -0.2) is 40.2 Å². The molecule has 0 bridgehead atoms. The fourth-order valence-electron chi connectivity index (χ4n) is 3.56. The molecule has 2 aromatic carbocycles. The van der Waals surface area contributed by atoms with E-state index < -0.39 is 15.9 Å². The molecule has 1 heterocycles. The highest BCUT2D eigenvalue weighted by Crippen LogP contribution is 2.33. The lowest BCUT2D eigenvalue weighted by Crippen LogP contribution is -2.32. The summed E-state index contributed by atoms with van der Waals surface area (Å²) >= 11 is 6.20. The van der Waals surface area contributed by atoms with E-state index in [-0.39, 0.29) is 28.3 Å². The molecule has 0 spiro atoms. The van der Waals surface area contributed by atoms with Crippen molar-refractivity contribution < 1.29 is 27.4 Å². The second kappa shape index (κ2) is 9.33. The van der Waals surface area contributed by atoms with Crippen LogP contribution in [0.1, 0.15) is 25.7 Å². The van der Waals surface area contributed by atoms with E-state index in [1.807, 2.05) is 0 Å². The smallest absolute Gasteiger partial charge is 0.262 e. The van der Waals surface area contributed by atoms with Crippen LogP contribution in [0.5, 0.6) is 17.2 Å². The second-order valence-corrected chi connectivity index (χ2v) is 9.51. The van der Waals surface area contributed by atoms with Crippen molar-refractivity contribution in [2.45, 2.75) is 36.6 Å². The van der Waals surface area contributed by atoms with Crippen molar-refractivity contribution in [1.82, 2.24) is 4.72 Å². The Morgan fingerprint density at radius 3 is 2.55 bits per heavy atom. The molecule has 31 heavy (non-hydrogen) atoms. The number of amides is 1. The topological polar surface area (TPSA) is 103 Å². The van der Waals surface area contributed by atoms with Gasteiger partial charge in [-0.25, -0.2) is 13.1 Å². The largest absolute Gasteiger partial charge is 0.486 e. The Kier molecular flexibility index (Phi) is 6.54. The van der Waals surface area contributed by atoms with Crippen LogP contribution < -0.4 is 24.2 Å². The summed E-state index contributed by atoms with van der Waals surface area (Å²) in [4.78, 5) is 12.3. The number of rotatable bonds is 7. The summed E-state index contributed by atoms with van der Waals surface area (Å²) in [6.07, 6.45) is 3.73. The molecule has 1 saturated carbocycles. The number of ether oxygens (including phenoxy) is 3. The number of hydrogen-bond donors (Lipinski definition) is 2. The molecular weight excluding hydrogens is 444 g/mol. The van der Waals surface area contributed by atoms with E-state index >= 15 is 0 Å². The summed E-state index contributed by atoms with van der Waals surface area (Å²) < 4.78 is 44.2. The lowest BCUT2D eigenvalue weighted by atomic mass is 10.2. The molecule has 2 aromatic rings. The van der Waals surface area contributed by atoms with Crippen molar-refractivity contribution in [3.63, 3.8) is 0 Å². The van der Waals surface area contributed by atoms with Gasteiger partial charge < -0.3 is 19.5 Å². The fourth-order valence-corrected chi connectivity index (χ4v) is 5.19. The summed E-state index contributed by atoms with van der Waals surface area (Å²) in [7, 11) is -3.65. The number of sulfonamides is 1. The van der Waals surface area contributed by atoms with Gasteiger partial charge in [0.05, 0.1) is 9.92 Å². The first-order chi connectivity index (χ1) is 14.9. The van der Waals surface area contributed by atoms with E-state index in [0.29, 0.717) is 30.4 Å². The first-order valence-corrected chi connectivity index (χ1v) is 11.9. The van der Waals surface area contributed by atoms with Crippen LogP contribution in [0.15, 0.2) is 41.3 Å². The molecule has 1 aliphatic heterocycles. The van der Waals surface area contributed by atoms with Gasteiger partial charge in [-0.1, -0.05) is 24.4 Å². The van der Waals surface area contributed by atoms with Crippen LogP contribution in [0.2, 0.25) is 5.02 Å². The predicted molar refractivity (Wildman–Crippen MR) is 116 cm³/mol. The maximum Gasteiger partial charge on any atom is 0.262 e. The molecule has 2 N–H and O–H groups in total. The first-order valence-electron chi connectivity index (χ1n) is 10.0. The molecule has 1 fully saturated rings. The third-order valence-electron chi connectivity index (χ3n) is 5.08. The SMILES string of the molecule is O=C(COc1ccc(S(=O)(=O)NC2CCCC2)cc1Cl)Nc1ccc2c(c1)OCCO2. The van der Waals surface area contributed by atoms with Gasteiger partial charge in [0.1, 0.15) is 19.0 Å². The average molecular weight is 467 g/mol. The zero-order valence-electron chi connectivity index (χ0n) is 16.7. The average Bonchev–Trinajstić information content (AvgIpc) is 3.25. The fraction of sp³-hybridized carbons (Fsp3) is 0.381. The van der Waals surface area contributed by atoms with Crippen LogP contribution in [0.4, 0.5) is 5.69 Å². The molecule has 0 unspecified atom stereocenters. The number of halogens is 1. The van der Waals surface area contributed by atoms with Crippen molar-refractivity contribution in [2.75, 3.05) is 25.1 Å². The number of hydrogen-bond acceptors (Lipinski definition) is 6. The maximum atomic E-state index is 12.5. The molecule has 166 valence electrons.